The van der Waals surface area contributed by atoms with E-state index in [1.807, 2.05) is 0 Å². The zero-order chi connectivity index (χ0) is 36.7. The third kappa shape index (κ3) is 5.56. The number of benzene rings is 7. The van der Waals surface area contributed by atoms with E-state index in [1.54, 1.807) is 5.56 Å². The van der Waals surface area contributed by atoms with Gasteiger partial charge in [0, 0.05) is 22.2 Å². The Balaban J connectivity index is 1.03. The predicted octanol–water partition coefficient (Wildman–Crippen LogP) is 15.4. The van der Waals surface area contributed by atoms with Crippen LogP contribution in [0.3, 0.4) is 0 Å². The van der Waals surface area contributed by atoms with Gasteiger partial charge in [-0.15, -0.1) is 0 Å². The topological polar surface area (TPSA) is 3.24 Å². The zero-order valence-corrected chi connectivity index (χ0v) is 32.4. The highest BCUT2D eigenvalue weighted by Crippen LogP contribution is 2.54. The van der Waals surface area contributed by atoms with Gasteiger partial charge in [0.15, 0.2) is 0 Å². The van der Waals surface area contributed by atoms with Crippen molar-refractivity contribution < 1.29 is 0 Å². The Kier molecular flexibility index (Phi) is 7.84. The summed E-state index contributed by atoms with van der Waals surface area (Å²) in [7, 11) is 0. The number of hydrogen-bond acceptors (Lipinski definition) is 1. The average molecular weight is 714 g/mol. The first kappa shape index (κ1) is 33.2. The number of anilines is 3. The molecule has 1 heteroatoms. The highest BCUT2D eigenvalue weighted by atomic mass is 15.1. The Hall–Kier alpha value is -5.14. The van der Waals surface area contributed by atoms with Crippen molar-refractivity contribution in [3.63, 3.8) is 0 Å². The van der Waals surface area contributed by atoms with Crippen LogP contribution in [0.2, 0.25) is 0 Å². The van der Waals surface area contributed by atoms with Crippen LogP contribution in [-0.4, -0.2) is 0 Å². The van der Waals surface area contributed by atoms with E-state index in [2.05, 4.69) is 158 Å². The van der Waals surface area contributed by atoms with Crippen molar-refractivity contribution in [3.8, 4) is 22.3 Å². The molecule has 3 fully saturated rings. The molecule has 3 saturated carbocycles. The summed E-state index contributed by atoms with van der Waals surface area (Å²) in [4.78, 5) is 2.57. The van der Waals surface area contributed by atoms with Crippen molar-refractivity contribution >= 4 is 38.6 Å². The molecule has 7 aromatic carbocycles. The van der Waals surface area contributed by atoms with Crippen molar-refractivity contribution in [1.29, 1.82) is 0 Å². The number of fused-ring (bicyclic) bond motifs is 7. The minimum atomic E-state index is -0.118. The fraction of sp³-hybridized carbons (Fsp3) is 0.296. The first-order valence-corrected chi connectivity index (χ1v) is 21.2. The Morgan fingerprint density at radius 2 is 1.25 bits per heavy atom. The fourth-order valence-electron chi connectivity index (χ4n) is 11.5. The van der Waals surface area contributed by atoms with Gasteiger partial charge >= 0.3 is 0 Å². The predicted molar refractivity (Wildman–Crippen MR) is 233 cm³/mol. The molecule has 272 valence electrons. The lowest BCUT2D eigenvalue weighted by molar-refractivity contribution is 0.420. The van der Waals surface area contributed by atoms with Crippen molar-refractivity contribution in [2.75, 3.05) is 4.90 Å². The van der Waals surface area contributed by atoms with E-state index >= 15 is 0 Å². The van der Waals surface area contributed by atoms with Gasteiger partial charge in [-0.05, 0) is 165 Å². The van der Waals surface area contributed by atoms with Gasteiger partial charge in [0.05, 0.1) is 5.69 Å². The summed E-state index contributed by atoms with van der Waals surface area (Å²) in [5.74, 6) is 3.23. The van der Waals surface area contributed by atoms with Gasteiger partial charge in [-0.2, -0.15) is 0 Å². The molecule has 3 unspecified atom stereocenters. The standard InChI is InChI=1S/C54H51N/c1-54(2)51-28-23-43(41-19-17-37-11-6-7-12-40(37)31-41)33-50(51)47-27-26-46(34-52(47)54)55(45-24-21-39(22-25-45)48-30-35-15-16-44(48)29-35)53-14-8-13-38-18-20-42(32-49(38)53)36-9-4-3-5-10-36/h6-8,11-14,17-28,31-36,44,48H,3-5,9-10,15-16,29-30H2,1-2H3. The number of nitrogens with zero attached hydrogens (tertiary/aromatic N) is 1. The molecule has 0 saturated heterocycles. The molecule has 55 heavy (non-hydrogen) atoms. The molecule has 2 bridgehead atoms. The van der Waals surface area contributed by atoms with Gasteiger partial charge in [0.1, 0.15) is 0 Å². The summed E-state index contributed by atoms with van der Waals surface area (Å²) >= 11 is 0. The molecule has 4 aliphatic rings. The first-order valence-electron chi connectivity index (χ1n) is 21.2. The third-order valence-electron chi connectivity index (χ3n) is 14.5. The van der Waals surface area contributed by atoms with Crippen LogP contribution in [-0.2, 0) is 5.41 Å². The first-order chi connectivity index (χ1) is 27.0. The fourth-order valence-corrected chi connectivity index (χ4v) is 11.5. The molecule has 0 aromatic heterocycles. The molecule has 3 atom stereocenters. The molecule has 0 spiro atoms. The van der Waals surface area contributed by atoms with Crippen LogP contribution in [0.4, 0.5) is 17.1 Å². The van der Waals surface area contributed by atoms with E-state index in [4.69, 9.17) is 0 Å². The van der Waals surface area contributed by atoms with E-state index in [-0.39, 0.29) is 5.41 Å². The van der Waals surface area contributed by atoms with Gasteiger partial charge in [-0.1, -0.05) is 131 Å². The molecule has 0 heterocycles. The van der Waals surface area contributed by atoms with Gasteiger partial charge in [0.2, 0.25) is 0 Å². The van der Waals surface area contributed by atoms with Crippen LogP contribution in [0, 0.1) is 11.8 Å². The maximum absolute atomic E-state index is 2.57. The second kappa shape index (κ2) is 13.0. The highest BCUT2D eigenvalue weighted by molar-refractivity contribution is 6.00. The van der Waals surface area contributed by atoms with E-state index < -0.39 is 0 Å². The van der Waals surface area contributed by atoms with Crippen molar-refractivity contribution in [3.05, 3.63) is 162 Å². The van der Waals surface area contributed by atoms with Gasteiger partial charge in [0.25, 0.3) is 0 Å². The summed E-state index contributed by atoms with van der Waals surface area (Å²) in [6.07, 6.45) is 12.4. The smallest absolute Gasteiger partial charge is 0.0540 e. The quantitative estimate of drug-likeness (QED) is 0.166. The van der Waals surface area contributed by atoms with E-state index in [9.17, 15) is 0 Å². The third-order valence-corrected chi connectivity index (χ3v) is 14.5. The Morgan fingerprint density at radius 1 is 0.509 bits per heavy atom. The molecular weight excluding hydrogens is 663 g/mol. The second-order valence-corrected chi connectivity index (χ2v) is 18.0. The lowest BCUT2D eigenvalue weighted by Gasteiger charge is -2.30. The van der Waals surface area contributed by atoms with Gasteiger partial charge < -0.3 is 4.90 Å². The van der Waals surface area contributed by atoms with Crippen LogP contribution in [0.15, 0.2) is 140 Å². The van der Waals surface area contributed by atoms with Crippen LogP contribution in [0.25, 0.3) is 43.8 Å². The van der Waals surface area contributed by atoms with Crippen LogP contribution >= 0.6 is 0 Å². The van der Waals surface area contributed by atoms with Crippen LogP contribution in [0.1, 0.15) is 106 Å². The van der Waals surface area contributed by atoms with E-state index in [0.717, 1.165) is 17.8 Å². The number of rotatable bonds is 6. The van der Waals surface area contributed by atoms with Crippen LogP contribution in [0.5, 0.6) is 0 Å². The normalized spacial score (nSPS) is 21.2. The van der Waals surface area contributed by atoms with Gasteiger partial charge in [-0.25, -0.2) is 0 Å². The Morgan fingerprint density at radius 3 is 2.07 bits per heavy atom. The zero-order valence-electron chi connectivity index (χ0n) is 32.4. The van der Waals surface area contributed by atoms with Crippen molar-refractivity contribution in [2.24, 2.45) is 11.8 Å². The monoisotopic (exact) mass is 713 g/mol. The molecular formula is C54H51N. The van der Waals surface area contributed by atoms with Crippen LogP contribution < -0.4 is 4.90 Å². The summed E-state index contributed by atoms with van der Waals surface area (Å²) in [6, 6.07) is 54.1. The summed E-state index contributed by atoms with van der Waals surface area (Å²) < 4.78 is 0. The van der Waals surface area contributed by atoms with Gasteiger partial charge in [-0.3, -0.25) is 0 Å². The Bertz CT molecular complexity index is 2580. The molecule has 1 nitrogen and oxygen atoms in total. The summed E-state index contributed by atoms with van der Waals surface area (Å²) in [6.45, 7) is 4.83. The molecule has 11 rings (SSSR count). The molecule has 0 N–H and O–H groups in total. The minimum Gasteiger partial charge on any atom is -0.310 e. The van der Waals surface area contributed by atoms with Crippen molar-refractivity contribution in [2.45, 2.75) is 88.9 Å². The van der Waals surface area contributed by atoms with Crippen molar-refractivity contribution in [1.82, 2.24) is 0 Å². The lowest BCUT2D eigenvalue weighted by Crippen LogP contribution is -2.17. The van der Waals surface area contributed by atoms with E-state index in [1.165, 1.54) is 135 Å². The highest BCUT2D eigenvalue weighted by Gasteiger charge is 2.40. The molecule has 0 radical (unpaired) electrons. The molecule has 7 aromatic rings. The molecule has 0 amide bonds. The molecule has 0 aliphatic heterocycles. The maximum Gasteiger partial charge on any atom is 0.0540 e. The minimum absolute atomic E-state index is 0.118. The number of hydrogen-bond donors (Lipinski definition) is 0. The maximum atomic E-state index is 2.57. The SMILES string of the molecule is CC1(C)c2ccc(-c3ccc4ccccc4c3)cc2-c2ccc(N(c3ccc(C4CC5CCC4C5)cc3)c3cccc4ccc(C5CCCCC5)cc34)cc21. The summed E-state index contributed by atoms with van der Waals surface area (Å²) in [5, 5.41) is 5.24. The lowest BCUT2D eigenvalue weighted by atomic mass is 9.82. The largest absolute Gasteiger partial charge is 0.310 e. The Labute approximate surface area is 327 Å². The second-order valence-electron chi connectivity index (χ2n) is 18.0. The summed E-state index contributed by atoms with van der Waals surface area (Å²) in [5.41, 5.74) is 14.8. The average Bonchev–Trinajstić information content (AvgIpc) is 3.94. The molecule has 4 aliphatic carbocycles. The van der Waals surface area contributed by atoms with E-state index in [0.29, 0.717) is 5.92 Å².